The first-order valence-corrected chi connectivity index (χ1v) is 12.0. The van der Waals surface area contributed by atoms with Crippen LogP contribution in [0.25, 0.3) is 0 Å². The molecule has 0 bridgehead atoms. The van der Waals surface area contributed by atoms with Gasteiger partial charge < -0.3 is 10.1 Å². The Morgan fingerprint density at radius 3 is 2.34 bits per heavy atom. The molecule has 0 aliphatic heterocycles. The van der Waals surface area contributed by atoms with E-state index in [0.29, 0.717) is 16.5 Å². The van der Waals surface area contributed by atoms with Gasteiger partial charge in [-0.3, -0.25) is 4.79 Å². The Morgan fingerprint density at radius 2 is 1.69 bits per heavy atom. The number of ether oxygens (including phenoxy) is 1. The van der Waals surface area contributed by atoms with E-state index in [1.807, 2.05) is 6.07 Å². The first kappa shape index (κ1) is 24.4. The summed E-state index contributed by atoms with van der Waals surface area (Å²) < 4.78 is 33.6. The van der Waals surface area contributed by atoms with Crippen LogP contribution >= 0.6 is 34.8 Å². The molecule has 0 saturated carbocycles. The minimum Gasteiger partial charge on any atom is -0.495 e. The number of anilines is 1. The second-order valence-corrected chi connectivity index (χ2v) is 9.71. The molecular formula is C22H19Cl3N2O4S. The molecule has 0 saturated heterocycles. The van der Waals surface area contributed by atoms with E-state index in [1.165, 1.54) is 31.4 Å². The van der Waals surface area contributed by atoms with E-state index in [0.717, 1.165) is 5.56 Å². The molecular weight excluding hydrogens is 495 g/mol. The molecule has 0 aliphatic carbocycles. The van der Waals surface area contributed by atoms with Gasteiger partial charge in [-0.1, -0.05) is 65.1 Å². The highest BCUT2D eigenvalue weighted by atomic mass is 35.5. The van der Waals surface area contributed by atoms with Gasteiger partial charge in [0.1, 0.15) is 16.7 Å². The third-order valence-electron chi connectivity index (χ3n) is 4.50. The molecule has 0 aromatic heterocycles. The van der Waals surface area contributed by atoms with Gasteiger partial charge in [-0.25, -0.2) is 8.42 Å². The highest BCUT2D eigenvalue weighted by Crippen LogP contribution is 2.28. The zero-order chi connectivity index (χ0) is 23.3. The maximum absolute atomic E-state index is 13.1. The van der Waals surface area contributed by atoms with Crippen LogP contribution in [0.2, 0.25) is 15.1 Å². The van der Waals surface area contributed by atoms with Crippen LogP contribution in [0.4, 0.5) is 5.69 Å². The van der Waals surface area contributed by atoms with Gasteiger partial charge in [0.25, 0.3) is 0 Å². The molecule has 0 aliphatic rings. The van der Waals surface area contributed by atoms with E-state index in [4.69, 9.17) is 39.5 Å². The van der Waals surface area contributed by atoms with Gasteiger partial charge in [0, 0.05) is 10.7 Å². The molecule has 3 aromatic carbocycles. The third-order valence-corrected chi connectivity index (χ3v) is 6.98. The smallest absolute Gasteiger partial charge is 0.242 e. The number of hydrogen-bond donors (Lipinski definition) is 2. The van der Waals surface area contributed by atoms with Crippen molar-refractivity contribution >= 4 is 56.4 Å². The number of benzene rings is 3. The zero-order valence-electron chi connectivity index (χ0n) is 16.8. The average Bonchev–Trinajstić information content (AvgIpc) is 2.75. The lowest BCUT2D eigenvalue weighted by Gasteiger charge is -2.19. The largest absolute Gasteiger partial charge is 0.495 e. The molecule has 1 amide bonds. The summed E-state index contributed by atoms with van der Waals surface area (Å²) in [7, 11) is -2.68. The van der Waals surface area contributed by atoms with Crippen molar-refractivity contribution in [2.24, 2.45) is 0 Å². The molecule has 0 radical (unpaired) electrons. The summed E-state index contributed by atoms with van der Waals surface area (Å²) >= 11 is 18.1. The number of carbonyl (C=O) groups excluding carboxylic acids is 1. The number of nitrogens with one attached hydrogen (secondary N) is 2. The Labute approximate surface area is 201 Å². The lowest BCUT2D eigenvalue weighted by Crippen LogP contribution is -2.45. The van der Waals surface area contributed by atoms with Crippen LogP contribution in [0.5, 0.6) is 5.75 Å². The van der Waals surface area contributed by atoms with Crippen molar-refractivity contribution in [3.8, 4) is 5.75 Å². The summed E-state index contributed by atoms with van der Waals surface area (Å²) in [5, 5.41) is 3.18. The number of rotatable bonds is 8. The molecule has 6 nitrogen and oxygen atoms in total. The number of halogens is 3. The highest BCUT2D eigenvalue weighted by Gasteiger charge is 2.28. The third kappa shape index (κ3) is 6.15. The van der Waals surface area contributed by atoms with Gasteiger partial charge in [-0.05, 0) is 48.4 Å². The van der Waals surface area contributed by atoms with Crippen molar-refractivity contribution in [1.82, 2.24) is 4.72 Å². The fourth-order valence-electron chi connectivity index (χ4n) is 2.95. The molecule has 2 N–H and O–H groups in total. The summed E-state index contributed by atoms with van der Waals surface area (Å²) in [6.45, 7) is 0. The van der Waals surface area contributed by atoms with Crippen molar-refractivity contribution in [2.45, 2.75) is 17.4 Å². The van der Waals surface area contributed by atoms with Crippen molar-refractivity contribution in [2.75, 3.05) is 12.4 Å². The van der Waals surface area contributed by atoms with Crippen LogP contribution in [0.15, 0.2) is 71.6 Å². The summed E-state index contributed by atoms with van der Waals surface area (Å²) in [6, 6.07) is 16.7. The van der Waals surface area contributed by atoms with E-state index in [2.05, 4.69) is 10.0 Å². The number of methoxy groups -OCH3 is 1. The average molecular weight is 514 g/mol. The molecule has 3 aromatic rings. The molecule has 168 valence electrons. The minimum atomic E-state index is -4.16. The standard InChI is InChI=1S/C22H19Cl3N2O4S/c1-31-20-10-8-16(13-18(20)25)26-22(28)19(11-14-5-3-2-4-6-14)27-32(29,30)21-12-15(23)7-9-17(21)24/h2-10,12-13,19,27H,11H2,1H3,(H,26,28)/t19-/m0/s1. The predicted molar refractivity (Wildman–Crippen MR) is 127 cm³/mol. The first-order chi connectivity index (χ1) is 15.2. The monoisotopic (exact) mass is 512 g/mol. The van der Waals surface area contributed by atoms with E-state index < -0.39 is 22.0 Å². The van der Waals surface area contributed by atoms with E-state index in [1.54, 1.807) is 36.4 Å². The first-order valence-electron chi connectivity index (χ1n) is 9.35. The van der Waals surface area contributed by atoms with Crippen molar-refractivity contribution < 1.29 is 17.9 Å². The van der Waals surface area contributed by atoms with Gasteiger partial charge >= 0.3 is 0 Å². The Balaban J connectivity index is 1.90. The Hall–Kier alpha value is -2.29. The highest BCUT2D eigenvalue weighted by molar-refractivity contribution is 7.89. The normalized spacial score (nSPS) is 12.2. The van der Waals surface area contributed by atoms with Gasteiger partial charge in [0.2, 0.25) is 15.9 Å². The topological polar surface area (TPSA) is 84.5 Å². The molecule has 1 atom stereocenters. The summed E-state index contributed by atoms with van der Waals surface area (Å²) in [5.74, 6) is -0.126. The SMILES string of the molecule is COc1ccc(NC(=O)[C@H](Cc2ccccc2)NS(=O)(=O)c2cc(Cl)ccc2Cl)cc1Cl. The fraction of sp³-hybridized carbons (Fsp3) is 0.136. The van der Waals surface area contributed by atoms with E-state index >= 15 is 0 Å². The van der Waals surface area contributed by atoms with Crippen LogP contribution in [0.1, 0.15) is 5.56 Å². The predicted octanol–water partition coefficient (Wildman–Crippen LogP) is 5.18. The molecule has 3 rings (SSSR count). The van der Waals surface area contributed by atoms with Gasteiger partial charge in [0.05, 0.1) is 17.2 Å². The van der Waals surface area contributed by atoms with Gasteiger partial charge in [0.15, 0.2) is 0 Å². The van der Waals surface area contributed by atoms with Crippen LogP contribution in [-0.4, -0.2) is 27.5 Å². The Kier molecular flexibility index (Phi) is 8.03. The van der Waals surface area contributed by atoms with E-state index in [-0.39, 0.29) is 21.4 Å². The van der Waals surface area contributed by atoms with Gasteiger partial charge in [-0.2, -0.15) is 4.72 Å². The number of sulfonamides is 1. The Bertz CT molecular complexity index is 1220. The molecule has 0 fully saturated rings. The lowest BCUT2D eigenvalue weighted by atomic mass is 10.1. The minimum absolute atomic E-state index is 0.0114. The molecule has 0 unspecified atom stereocenters. The van der Waals surface area contributed by atoms with Crippen LogP contribution in [0.3, 0.4) is 0 Å². The summed E-state index contributed by atoms with van der Waals surface area (Å²) in [5.41, 5.74) is 1.15. The number of amides is 1. The maximum atomic E-state index is 13.1. The summed E-state index contributed by atoms with van der Waals surface area (Å²) in [6.07, 6.45) is 0.105. The van der Waals surface area contributed by atoms with Crippen molar-refractivity contribution in [1.29, 1.82) is 0 Å². The molecule has 0 heterocycles. The van der Waals surface area contributed by atoms with Crippen LogP contribution in [0, 0.1) is 0 Å². The van der Waals surface area contributed by atoms with Crippen molar-refractivity contribution in [3.63, 3.8) is 0 Å². The van der Waals surface area contributed by atoms with E-state index in [9.17, 15) is 13.2 Å². The number of carbonyl (C=O) groups is 1. The zero-order valence-corrected chi connectivity index (χ0v) is 19.9. The lowest BCUT2D eigenvalue weighted by molar-refractivity contribution is -0.117. The van der Waals surface area contributed by atoms with Crippen LogP contribution in [-0.2, 0) is 21.2 Å². The van der Waals surface area contributed by atoms with Crippen molar-refractivity contribution in [3.05, 3.63) is 87.4 Å². The summed E-state index contributed by atoms with van der Waals surface area (Å²) in [4.78, 5) is 12.9. The number of hydrogen-bond acceptors (Lipinski definition) is 4. The fourth-order valence-corrected chi connectivity index (χ4v) is 5.16. The van der Waals surface area contributed by atoms with Gasteiger partial charge in [-0.15, -0.1) is 0 Å². The second kappa shape index (κ2) is 10.6. The quantitative estimate of drug-likeness (QED) is 0.434. The Morgan fingerprint density at radius 1 is 0.969 bits per heavy atom. The molecule has 32 heavy (non-hydrogen) atoms. The maximum Gasteiger partial charge on any atom is 0.242 e. The van der Waals surface area contributed by atoms with Crippen LogP contribution < -0.4 is 14.8 Å². The molecule has 0 spiro atoms. The second-order valence-electron chi connectivity index (χ2n) is 6.78. The molecule has 10 heteroatoms.